The van der Waals surface area contributed by atoms with Crippen LogP contribution in [0.2, 0.25) is 0 Å². The number of hydrogen-bond donors (Lipinski definition) is 0. The fraction of sp³-hybridized carbons (Fsp3) is 0.308. The summed E-state index contributed by atoms with van der Waals surface area (Å²) in [6, 6.07) is 8.78. The van der Waals surface area contributed by atoms with Gasteiger partial charge in [0.1, 0.15) is 0 Å². The summed E-state index contributed by atoms with van der Waals surface area (Å²) in [6.45, 7) is 11.3. The van der Waals surface area contributed by atoms with E-state index in [0.717, 1.165) is 8.87 Å². The van der Waals surface area contributed by atoms with Crippen molar-refractivity contribution in [1.82, 2.24) is 0 Å². The second-order valence-corrected chi connectivity index (χ2v) is 22.9. The Hall–Kier alpha value is -1.82. The molecule has 1 aromatic carbocycles. The molecule has 0 aliphatic heterocycles. The van der Waals surface area contributed by atoms with Gasteiger partial charge in [0.05, 0.1) is 0 Å². The summed E-state index contributed by atoms with van der Waals surface area (Å²) in [5, 5.41) is 0. The monoisotopic (exact) mass is 578 g/mol. The molecule has 0 radical (unpaired) electrons. The number of hydrogen-bond acceptors (Lipinski definition) is 0. The van der Waals surface area contributed by atoms with Crippen molar-refractivity contribution >= 4 is 36.8 Å². The average Bonchev–Trinajstić information content (AvgIpc) is 2.65. The predicted octanol–water partition coefficient (Wildman–Crippen LogP) is 4.12. The van der Waals surface area contributed by atoms with Gasteiger partial charge in [-0.3, -0.25) is 0 Å². The molecule has 0 N–H and O–H groups in total. The first-order valence-corrected chi connectivity index (χ1v) is 21.8. The molecular weight excluding hydrogens is 550 g/mol. The van der Waals surface area contributed by atoms with Crippen molar-refractivity contribution in [2.24, 2.45) is 0 Å². The van der Waals surface area contributed by atoms with Gasteiger partial charge >= 0.3 is 182 Å². The van der Waals surface area contributed by atoms with E-state index in [1.165, 1.54) is 11.1 Å². The fourth-order valence-corrected chi connectivity index (χ4v) is 17.9. The van der Waals surface area contributed by atoms with Crippen molar-refractivity contribution in [3.63, 3.8) is 0 Å². The molecule has 0 unspecified atom stereocenters. The summed E-state index contributed by atoms with van der Waals surface area (Å²) in [5.74, 6) is 18.5. The summed E-state index contributed by atoms with van der Waals surface area (Å²) < 4.78 is 22.3. The van der Waals surface area contributed by atoms with Gasteiger partial charge in [-0.25, -0.2) is 0 Å². The molecule has 0 nitrogen and oxygen atoms in total. The molecule has 1 rings (SSSR count). The van der Waals surface area contributed by atoms with Gasteiger partial charge in [0.15, 0.2) is 0 Å². The topological polar surface area (TPSA) is 0 Å². The standard InChI is InChI=1S/C8H8.6C3H3.2Sn/c1-7-3-5-8(2)6-4-7;6*1-3-2;;/h3-6H,1-2H2;6*1H3;;. The van der Waals surface area contributed by atoms with E-state index in [9.17, 15) is 0 Å². The Bertz CT molecular complexity index is 862. The quantitative estimate of drug-likeness (QED) is 0.374. The van der Waals surface area contributed by atoms with Crippen LogP contribution in [0.1, 0.15) is 52.7 Å². The van der Waals surface area contributed by atoms with Crippen LogP contribution in [0.4, 0.5) is 0 Å². The van der Waals surface area contributed by atoms with Gasteiger partial charge < -0.3 is 0 Å². The third-order valence-corrected chi connectivity index (χ3v) is 20.9. The Labute approximate surface area is 180 Å². The molecule has 1 aromatic rings. The summed E-state index contributed by atoms with van der Waals surface area (Å²) in [6.07, 6.45) is 0. The van der Waals surface area contributed by atoms with Crippen LogP contribution in [-0.2, 0) is 8.87 Å². The molecule has 0 saturated heterocycles. The van der Waals surface area contributed by atoms with Crippen LogP contribution in [0.5, 0.6) is 0 Å². The average molecular weight is 576 g/mol. The van der Waals surface area contributed by atoms with Crippen LogP contribution in [0, 0.1) is 59.1 Å². The maximum atomic E-state index is 3.42. The SMILES string of the molecule is CC#[C][Sn]([C]#CC)([C]#CC)[CH2]c1ccc([CH2][Sn]([C]#CC)([C]#CC)[C]#CC)cc1. The molecule has 0 heterocycles. The Morgan fingerprint density at radius 2 is 0.679 bits per heavy atom. The second kappa shape index (κ2) is 12.6. The third-order valence-electron chi connectivity index (χ3n) is 3.99. The first-order chi connectivity index (χ1) is 13.5. The predicted molar refractivity (Wildman–Crippen MR) is 126 cm³/mol. The van der Waals surface area contributed by atoms with Crippen LogP contribution in [0.25, 0.3) is 0 Å². The summed E-state index contributed by atoms with van der Waals surface area (Å²) in [5.41, 5.74) is 2.52. The van der Waals surface area contributed by atoms with Gasteiger partial charge in [-0.1, -0.05) is 0 Å². The van der Waals surface area contributed by atoms with Crippen molar-refractivity contribution < 1.29 is 0 Å². The molecule has 0 aromatic heterocycles. The molecule has 0 aliphatic rings. The molecule has 2 heteroatoms. The maximum absolute atomic E-state index is 3.42. The van der Waals surface area contributed by atoms with Crippen molar-refractivity contribution in [3.8, 4) is 59.1 Å². The molecule has 0 saturated carbocycles. The van der Waals surface area contributed by atoms with Crippen molar-refractivity contribution in [2.75, 3.05) is 0 Å². The van der Waals surface area contributed by atoms with Crippen LogP contribution < -0.4 is 0 Å². The first-order valence-electron chi connectivity index (χ1n) is 9.24. The van der Waals surface area contributed by atoms with Crippen LogP contribution >= 0.6 is 0 Å². The zero-order valence-corrected chi connectivity index (χ0v) is 23.4. The Morgan fingerprint density at radius 1 is 0.464 bits per heavy atom. The molecule has 0 amide bonds. The minimum absolute atomic E-state index is 0.893. The van der Waals surface area contributed by atoms with Gasteiger partial charge in [0, 0.05) is 0 Å². The Morgan fingerprint density at radius 3 is 0.857 bits per heavy atom. The van der Waals surface area contributed by atoms with Gasteiger partial charge in [-0.2, -0.15) is 0 Å². The minimum atomic E-state index is -3.13. The van der Waals surface area contributed by atoms with Crippen LogP contribution in [0.15, 0.2) is 24.3 Å². The van der Waals surface area contributed by atoms with Crippen LogP contribution in [0.3, 0.4) is 0 Å². The summed E-state index contributed by atoms with van der Waals surface area (Å²) >= 11 is -6.25. The molecule has 28 heavy (non-hydrogen) atoms. The van der Waals surface area contributed by atoms with Crippen LogP contribution in [-0.4, -0.2) is 36.8 Å². The van der Waals surface area contributed by atoms with E-state index < -0.39 is 36.8 Å². The Balaban J connectivity index is 3.23. The first kappa shape index (κ1) is 24.2. The zero-order chi connectivity index (χ0) is 20.9. The van der Waals surface area contributed by atoms with E-state index in [1.54, 1.807) is 0 Å². The van der Waals surface area contributed by atoms with Gasteiger partial charge in [-0.05, 0) is 0 Å². The number of rotatable bonds is 4. The second-order valence-electron chi connectivity index (χ2n) is 6.23. The molecule has 138 valence electrons. The van der Waals surface area contributed by atoms with Crippen molar-refractivity contribution in [1.29, 1.82) is 0 Å². The molecule has 0 fully saturated rings. The number of benzene rings is 1. The van der Waals surface area contributed by atoms with Crippen molar-refractivity contribution in [2.45, 2.75) is 50.4 Å². The fourth-order valence-electron chi connectivity index (χ4n) is 3.12. The van der Waals surface area contributed by atoms with Gasteiger partial charge in [0.2, 0.25) is 0 Å². The van der Waals surface area contributed by atoms with E-state index in [1.807, 2.05) is 41.5 Å². The Kier molecular flexibility index (Phi) is 10.9. The molecule has 0 aliphatic carbocycles. The van der Waals surface area contributed by atoms with E-state index in [4.69, 9.17) is 0 Å². The zero-order valence-electron chi connectivity index (χ0n) is 17.7. The third kappa shape index (κ3) is 7.30. The normalized spacial score (nSPS) is 9.07. The van der Waals surface area contributed by atoms with Crippen molar-refractivity contribution in [3.05, 3.63) is 35.4 Å². The van der Waals surface area contributed by atoms with Gasteiger partial charge in [0.25, 0.3) is 0 Å². The summed E-state index contributed by atoms with van der Waals surface area (Å²) in [7, 11) is 0. The van der Waals surface area contributed by atoms with E-state index in [0.29, 0.717) is 0 Å². The molecular formula is C26H26Sn2. The molecule has 0 bridgehead atoms. The summed E-state index contributed by atoms with van der Waals surface area (Å²) in [4.78, 5) is 0. The molecule has 0 atom stereocenters. The van der Waals surface area contributed by atoms with E-state index in [-0.39, 0.29) is 0 Å². The van der Waals surface area contributed by atoms with Gasteiger partial charge in [-0.15, -0.1) is 0 Å². The van der Waals surface area contributed by atoms with E-state index >= 15 is 0 Å². The van der Waals surface area contributed by atoms with E-state index in [2.05, 4.69) is 83.4 Å². The molecule has 0 spiro atoms.